The highest BCUT2D eigenvalue weighted by molar-refractivity contribution is 6.06. The Balaban J connectivity index is 2.82. The molecule has 0 unspecified atom stereocenters. The maximum absolute atomic E-state index is 11.9. The molecule has 0 spiro atoms. The summed E-state index contributed by atoms with van der Waals surface area (Å²) in [4.78, 5) is 16.2. The van der Waals surface area contributed by atoms with Gasteiger partial charge in [-0.3, -0.25) is 9.79 Å². The summed E-state index contributed by atoms with van der Waals surface area (Å²) in [5.74, 6) is 0.832. The van der Waals surface area contributed by atoms with Crippen molar-refractivity contribution in [2.45, 2.75) is 34.1 Å². The molecule has 1 heterocycles. The molecule has 3 nitrogen and oxygen atoms in total. The molecule has 0 atom stereocenters. The number of hydrogen-bond donors (Lipinski definition) is 0. The van der Waals surface area contributed by atoms with Crippen LogP contribution in [0.25, 0.3) is 0 Å². The maximum Gasteiger partial charge on any atom is 0.196 e. The number of aliphatic imine (C=N–C) groups is 1. The number of rotatable bonds is 3. The molecule has 80 valence electrons. The van der Waals surface area contributed by atoms with Crippen molar-refractivity contribution in [3.63, 3.8) is 0 Å². The molecule has 0 N–H and O–H groups in total. The minimum absolute atomic E-state index is 0.0261. The molecule has 0 aromatic rings. The average molecular weight is 197 g/mol. The van der Waals surface area contributed by atoms with Gasteiger partial charge in [-0.15, -0.1) is 0 Å². The number of ketones is 1. The van der Waals surface area contributed by atoms with Crippen LogP contribution < -0.4 is 0 Å². The number of carbonyl (C=O) groups excluding carboxylic acids is 1. The summed E-state index contributed by atoms with van der Waals surface area (Å²) in [7, 11) is 0. The van der Waals surface area contributed by atoms with Crippen molar-refractivity contribution in [3.05, 3.63) is 0 Å². The number of nitrogens with zero attached hydrogens (tertiary/aromatic N) is 1. The standard InChI is InChI=1S/C11H19NO2/c1-8(2)9(13)11(3,4)10-12-6-5-7-14-10/h8H,5-7H2,1-4H3. The molecule has 0 aromatic carbocycles. The van der Waals surface area contributed by atoms with Gasteiger partial charge in [0.15, 0.2) is 5.90 Å². The Kier molecular flexibility index (Phi) is 3.29. The highest BCUT2D eigenvalue weighted by Crippen LogP contribution is 2.25. The molecule has 3 heteroatoms. The van der Waals surface area contributed by atoms with Crippen LogP contribution in [0.4, 0.5) is 0 Å². The molecule has 0 saturated heterocycles. The van der Waals surface area contributed by atoms with Gasteiger partial charge in [-0.25, -0.2) is 0 Å². The first-order chi connectivity index (χ1) is 6.46. The van der Waals surface area contributed by atoms with Crippen LogP contribution >= 0.6 is 0 Å². The topological polar surface area (TPSA) is 38.7 Å². The summed E-state index contributed by atoms with van der Waals surface area (Å²) in [6.45, 7) is 9.07. The van der Waals surface area contributed by atoms with Crippen molar-refractivity contribution >= 4 is 11.7 Å². The van der Waals surface area contributed by atoms with Crippen molar-refractivity contribution in [1.82, 2.24) is 0 Å². The molecular formula is C11H19NO2. The molecule has 0 bridgehead atoms. The van der Waals surface area contributed by atoms with Gasteiger partial charge in [0.1, 0.15) is 5.78 Å². The van der Waals surface area contributed by atoms with Crippen LogP contribution in [0.2, 0.25) is 0 Å². The van der Waals surface area contributed by atoms with Gasteiger partial charge in [-0.05, 0) is 13.8 Å². The van der Waals surface area contributed by atoms with Crippen molar-refractivity contribution in [2.75, 3.05) is 13.2 Å². The van der Waals surface area contributed by atoms with E-state index in [1.807, 2.05) is 27.7 Å². The Hall–Kier alpha value is -0.860. The number of Topliss-reactive ketones (excluding diaryl/α,β-unsaturated/α-hetero) is 1. The number of carbonyl (C=O) groups is 1. The van der Waals surface area contributed by atoms with E-state index < -0.39 is 5.41 Å². The fourth-order valence-electron chi connectivity index (χ4n) is 1.66. The fraction of sp³-hybridized carbons (Fsp3) is 0.818. The Morgan fingerprint density at radius 1 is 1.50 bits per heavy atom. The van der Waals surface area contributed by atoms with E-state index in [2.05, 4.69) is 4.99 Å². The van der Waals surface area contributed by atoms with Crippen LogP contribution in [0, 0.1) is 11.3 Å². The lowest BCUT2D eigenvalue weighted by molar-refractivity contribution is -0.127. The zero-order valence-corrected chi connectivity index (χ0v) is 9.46. The maximum atomic E-state index is 11.9. The second-order valence-electron chi connectivity index (χ2n) is 4.53. The number of ether oxygens (including phenoxy) is 1. The van der Waals surface area contributed by atoms with Crippen LogP contribution in [-0.4, -0.2) is 24.8 Å². The van der Waals surface area contributed by atoms with Gasteiger partial charge in [0.05, 0.1) is 12.0 Å². The molecule has 14 heavy (non-hydrogen) atoms. The molecule has 1 aliphatic heterocycles. The molecule has 0 radical (unpaired) electrons. The SMILES string of the molecule is CC(C)C(=O)C(C)(C)C1=NCCCO1. The van der Waals surface area contributed by atoms with E-state index in [1.54, 1.807) is 0 Å². The lowest BCUT2D eigenvalue weighted by Crippen LogP contribution is -2.39. The molecule has 0 saturated carbocycles. The minimum Gasteiger partial charge on any atom is -0.480 e. The Bertz CT molecular complexity index is 254. The van der Waals surface area contributed by atoms with Gasteiger partial charge < -0.3 is 4.74 Å². The molecule has 1 aliphatic rings. The van der Waals surface area contributed by atoms with Gasteiger partial charge >= 0.3 is 0 Å². The molecular weight excluding hydrogens is 178 g/mol. The van der Waals surface area contributed by atoms with Crippen molar-refractivity contribution in [2.24, 2.45) is 16.3 Å². The molecule has 0 fully saturated rings. The average Bonchev–Trinajstić information content (AvgIpc) is 2.18. The zero-order chi connectivity index (χ0) is 10.8. The normalized spacial score (nSPS) is 17.6. The van der Waals surface area contributed by atoms with E-state index in [4.69, 9.17) is 4.74 Å². The van der Waals surface area contributed by atoms with Crippen LogP contribution in [0.5, 0.6) is 0 Å². The Morgan fingerprint density at radius 3 is 2.57 bits per heavy atom. The lowest BCUT2D eigenvalue weighted by atomic mass is 9.82. The van der Waals surface area contributed by atoms with E-state index in [0.717, 1.165) is 13.0 Å². The first kappa shape index (κ1) is 11.2. The van der Waals surface area contributed by atoms with Gasteiger partial charge in [0.2, 0.25) is 0 Å². The molecule has 1 rings (SSSR count). The summed E-state index contributed by atoms with van der Waals surface area (Å²) in [5.41, 5.74) is -0.561. The Labute approximate surface area is 85.6 Å². The third-order valence-electron chi connectivity index (χ3n) is 2.47. The van der Waals surface area contributed by atoms with Gasteiger partial charge in [-0.1, -0.05) is 13.8 Å². The second kappa shape index (κ2) is 4.11. The number of hydrogen-bond acceptors (Lipinski definition) is 3. The summed E-state index contributed by atoms with van der Waals surface area (Å²) < 4.78 is 5.44. The van der Waals surface area contributed by atoms with E-state index in [-0.39, 0.29) is 11.7 Å². The second-order valence-corrected chi connectivity index (χ2v) is 4.53. The predicted molar refractivity (Wildman–Crippen MR) is 56.5 cm³/mol. The Morgan fingerprint density at radius 2 is 2.14 bits per heavy atom. The molecule has 0 aromatic heterocycles. The summed E-state index contributed by atoms with van der Waals surface area (Å²) in [6.07, 6.45) is 0.954. The third kappa shape index (κ3) is 2.14. The highest BCUT2D eigenvalue weighted by atomic mass is 16.5. The van der Waals surface area contributed by atoms with E-state index >= 15 is 0 Å². The first-order valence-corrected chi connectivity index (χ1v) is 5.18. The van der Waals surface area contributed by atoms with Crippen molar-refractivity contribution in [1.29, 1.82) is 0 Å². The van der Waals surface area contributed by atoms with Crippen molar-refractivity contribution in [3.8, 4) is 0 Å². The van der Waals surface area contributed by atoms with Gasteiger partial charge in [0, 0.05) is 18.9 Å². The summed E-state index contributed by atoms with van der Waals surface area (Å²) >= 11 is 0. The summed E-state index contributed by atoms with van der Waals surface area (Å²) in [6, 6.07) is 0. The smallest absolute Gasteiger partial charge is 0.196 e. The lowest BCUT2D eigenvalue weighted by Gasteiger charge is -2.28. The van der Waals surface area contributed by atoms with Crippen LogP contribution in [0.3, 0.4) is 0 Å². The summed E-state index contributed by atoms with van der Waals surface area (Å²) in [5, 5.41) is 0. The minimum atomic E-state index is -0.561. The first-order valence-electron chi connectivity index (χ1n) is 5.18. The zero-order valence-electron chi connectivity index (χ0n) is 9.46. The van der Waals surface area contributed by atoms with Gasteiger partial charge in [0.25, 0.3) is 0 Å². The van der Waals surface area contributed by atoms with E-state index in [9.17, 15) is 4.79 Å². The quantitative estimate of drug-likeness (QED) is 0.694. The van der Waals surface area contributed by atoms with Gasteiger partial charge in [-0.2, -0.15) is 0 Å². The van der Waals surface area contributed by atoms with Crippen LogP contribution in [0.15, 0.2) is 4.99 Å². The van der Waals surface area contributed by atoms with E-state index in [1.165, 1.54) is 0 Å². The van der Waals surface area contributed by atoms with Crippen LogP contribution in [-0.2, 0) is 9.53 Å². The van der Waals surface area contributed by atoms with Crippen LogP contribution in [0.1, 0.15) is 34.1 Å². The molecule has 0 amide bonds. The monoisotopic (exact) mass is 197 g/mol. The largest absolute Gasteiger partial charge is 0.480 e. The highest BCUT2D eigenvalue weighted by Gasteiger charge is 2.37. The predicted octanol–water partition coefficient (Wildman–Crippen LogP) is 2.06. The molecule has 0 aliphatic carbocycles. The van der Waals surface area contributed by atoms with E-state index in [0.29, 0.717) is 12.5 Å². The van der Waals surface area contributed by atoms with Crippen molar-refractivity contribution < 1.29 is 9.53 Å². The third-order valence-corrected chi connectivity index (χ3v) is 2.47. The fourth-order valence-corrected chi connectivity index (χ4v) is 1.66.